The fraction of sp³-hybridized carbons (Fsp3) is 0.615. The molecule has 0 saturated carbocycles. The van der Waals surface area contributed by atoms with Crippen LogP contribution in [0.4, 0.5) is 0 Å². The van der Waals surface area contributed by atoms with Crippen LogP contribution in [0, 0.1) is 0 Å². The van der Waals surface area contributed by atoms with Gasteiger partial charge in [-0.05, 0) is 13.8 Å². The number of carbonyl (C=O) groups excluding carboxylic acids is 3. The van der Waals surface area contributed by atoms with Crippen LogP contribution in [-0.2, 0) is 33.3 Å². The highest BCUT2D eigenvalue weighted by molar-refractivity contribution is 5.81. The van der Waals surface area contributed by atoms with E-state index in [1.54, 1.807) is 13.8 Å². The van der Waals surface area contributed by atoms with E-state index in [0.29, 0.717) is 6.61 Å². The predicted molar refractivity (Wildman–Crippen MR) is 68.5 cm³/mol. The lowest BCUT2D eigenvalue weighted by atomic mass is 10.4. The molecule has 0 aliphatic carbocycles. The molecule has 0 N–H and O–H groups in total. The average Bonchev–Trinajstić information content (AvgIpc) is 2.38. The Labute approximate surface area is 117 Å². The Kier molecular flexibility index (Phi) is 9.94. The Balaban J connectivity index is 3.62. The van der Waals surface area contributed by atoms with Crippen molar-refractivity contribution >= 4 is 17.9 Å². The first-order valence-corrected chi connectivity index (χ1v) is 6.25. The molecule has 7 heteroatoms. The zero-order valence-electron chi connectivity index (χ0n) is 11.8. The lowest BCUT2D eigenvalue weighted by Crippen LogP contribution is -2.20. The molecule has 0 amide bonds. The number of hydrogen-bond acceptors (Lipinski definition) is 7. The first-order valence-electron chi connectivity index (χ1n) is 6.25. The zero-order valence-corrected chi connectivity index (χ0v) is 11.8. The molecule has 0 aromatic carbocycles. The van der Waals surface area contributed by atoms with E-state index in [1.807, 2.05) is 0 Å². The molecule has 0 rings (SSSR count). The van der Waals surface area contributed by atoms with Crippen molar-refractivity contribution in [2.24, 2.45) is 0 Å². The maximum atomic E-state index is 11.3. The molecule has 0 radical (unpaired) electrons. The molecule has 0 spiro atoms. The number of rotatable bonds is 10. The zero-order chi connectivity index (χ0) is 15.4. The summed E-state index contributed by atoms with van der Waals surface area (Å²) in [5, 5.41) is 0. The van der Waals surface area contributed by atoms with Crippen LogP contribution in [0.15, 0.2) is 12.7 Å². The molecule has 0 aliphatic rings. The van der Waals surface area contributed by atoms with Crippen molar-refractivity contribution in [2.75, 3.05) is 19.8 Å². The SMILES string of the molecule is C=CC(=O)OCCC(=O)OCCC(=O)OC(C)OCC. The van der Waals surface area contributed by atoms with E-state index in [9.17, 15) is 14.4 Å². The summed E-state index contributed by atoms with van der Waals surface area (Å²) in [5.74, 6) is -1.68. The number of ether oxygens (including phenoxy) is 4. The Morgan fingerprint density at radius 1 is 1.10 bits per heavy atom. The van der Waals surface area contributed by atoms with Crippen molar-refractivity contribution in [2.45, 2.75) is 33.0 Å². The molecular weight excluding hydrogens is 268 g/mol. The molecule has 0 saturated heterocycles. The van der Waals surface area contributed by atoms with Gasteiger partial charge in [0.25, 0.3) is 0 Å². The monoisotopic (exact) mass is 288 g/mol. The van der Waals surface area contributed by atoms with Crippen molar-refractivity contribution in [3.05, 3.63) is 12.7 Å². The van der Waals surface area contributed by atoms with Crippen LogP contribution >= 0.6 is 0 Å². The molecule has 1 unspecified atom stereocenters. The molecule has 0 aromatic heterocycles. The summed E-state index contributed by atoms with van der Waals surface area (Å²) >= 11 is 0. The summed E-state index contributed by atoms with van der Waals surface area (Å²) in [6.45, 7) is 6.85. The fourth-order valence-corrected chi connectivity index (χ4v) is 1.13. The standard InChI is InChI=1S/C13H20O7/c1-4-11(14)18-8-6-12(15)19-9-7-13(16)20-10(3)17-5-2/h4,10H,1,5-9H2,2-3H3. The minimum absolute atomic E-state index is 0.0599. The van der Waals surface area contributed by atoms with Gasteiger partial charge in [-0.3, -0.25) is 9.59 Å². The molecule has 1 atom stereocenters. The summed E-state index contributed by atoms with van der Waals surface area (Å²) in [7, 11) is 0. The molecule has 20 heavy (non-hydrogen) atoms. The van der Waals surface area contributed by atoms with Crippen LogP contribution in [0.5, 0.6) is 0 Å². The third-order valence-corrected chi connectivity index (χ3v) is 1.99. The Hall–Kier alpha value is -1.89. The Morgan fingerprint density at radius 3 is 2.30 bits per heavy atom. The summed E-state index contributed by atoms with van der Waals surface area (Å²) in [6.07, 6.45) is 0.238. The second-order valence-corrected chi connectivity index (χ2v) is 3.60. The molecular formula is C13H20O7. The Bertz CT molecular complexity index is 338. The maximum absolute atomic E-state index is 11.3. The van der Waals surface area contributed by atoms with E-state index in [4.69, 9.17) is 14.2 Å². The van der Waals surface area contributed by atoms with Crippen molar-refractivity contribution in [3.63, 3.8) is 0 Å². The van der Waals surface area contributed by atoms with E-state index in [2.05, 4.69) is 11.3 Å². The van der Waals surface area contributed by atoms with Crippen LogP contribution in [0.3, 0.4) is 0 Å². The smallest absolute Gasteiger partial charge is 0.330 e. The quantitative estimate of drug-likeness (QED) is 0.256. The van der Waals surface area contributed by atoms with E-state index < -0.39 is 24.2 Å². The van der Waals surface area contributed by atoms with Crippen LogP contribution in [0.25, 0.3) is 0 Å². The van der Waals surface area contributed by atoms with Gasteiger partial charge in [0.05, 0.1) is 12.8 Å². The minimum atomic E-state index is -0.624. The van der Waals surface area contributed by atoms with Gasteiger partial charge in [-0.15, -0.1) is 0 Å². The van der Waals surface area contributed by atoms with E-state index in [1.165, 1.54) is 0 Å². The second kappa shape index (κ2) is 11.0. The number of carbonyl (C=O) groups is 3. The van der Waals surface area contributed by atoms with Crippen molar-refractivity contribution < 1.29 is 33.3 Å². The van der Waals surface area contributed by atoms with Crippen LogP contribution in [0.1, 0.15) is 26.7 Å². The molecule has 0 fully saturated rings. The number of hydrogen-bond donors (Lipinski definition) is 0. The van der Waals surface area contributed by atoms with E-state index in [0.717, 1.165) is 6.08 Å². The molecule has 7 nitrogen and oxygen atoms in total. The van der Waals surface area contributed by atoms with Gasteiger partial charge in [-0.2, -0.15) is 0 Å². The Morgan fingerprint density at radius 2 is 1.70 bits per heavy atom. The summed E-state index contributed by atoms with van der Waals surface area (Å²) in [5.41, 5.74) is 0. The average molecular weight is 288 g/mol. The van der Waals surface area contributed by atoms with Crippen molar-refractivity contribution in [1.29, 1.82) is 0 Å². The molecule has 0 aromatic rings. The normalized spacial score (nSPS) is 11.3. The highest BCUT2D eigenvalue weighted by Crippen LogP contribution is 1.98. The van der Waals surface area contributed by atoms with Crippen LogP contribution in [-0.4, -0.2) is 44.0 Å². The lowest BCUT2D eigenvalue weighted by Gasteiger charge is -2.12. The summed E-state index contributed by atoms with van der Waals surface area (Å²) < 4.78 is 19.3. The summed E-state index contributed by atoms with van der Waals surface area (Å²) in [4.78, 5) is 33.2. The fourth-order valence-electron chi connectivity index (χ4n) is 1.13. The predicted octanol–water partition coefficient (Wildman–Crippen LogP) is 0.965. The first kappa shape index (κ1) is 18.1. The van der Waals surface area contributed by atoms with Crippen molar-refractivity contribution in [1.82, 2.24) is 0 Å². The van der Waals surface area contributed by atoms with Gasteiger partial charge in [0.1, 0.15) is 13.2 Å². The minimum Gasteiger partial charge on any atom is -0.465 e. The lowest BCUT2D eigenvalue weighted by molar-refractivity contribution is -0.175. The largest absolute Gasteiger partial charge is 0.465 e. The second-order valence-electron chi connectivity index (χ2n) is 3.60. The highest BCUT2D eigenvalue weighted by Gasteiger charge is 2.11. The molecule has 0 heterocycles. The highest BCUT2D eigenvalue weighted by atomic mass is 16.7. The molecule has 114 valence electrons. The van der Waals surface area contributed by atoms with Crippen LogP contribution < -0.4 is 0 Å². The van der Waals surface area contributed by atoms with Gasteiger partial charge < -0.3 is 18.9 Å². The summed E-state index contributed by atoms with van der Waals surface area (Å²) in [6, 6.07) is 0. The third-order valence-electron chi connectivity index (χ3n) is 1.99. The van der Waals surface area contributed by atoms with E-state index >= 15 is 0 Å². The van der Waals surface area contributed by atoms with Gasteiger partial charge in [-0.25, -0.2) is 4.79 Å². The van der Waals surface area contributed by atoms with Gasteiger partial charge in [0, 0.05) is 12.7 Å². The first-order chi connectivity index (χ1) is 9.49. The van der Waals surface area contributed by atoms with E-state index in [-0.39, 0.29) is 26.1 Å². The van der Waals surface area contributed by atoms with Gasteiger partial charge in [0.2, 0.25) is 0 Å². The number of esters is 3. The van der Waals surface area contributed by atoms with Gasteiger partial charge in [0.15, 0.2) is 6.29 Å². The topological polar surface area (TPSA) is 88.1 Å². The van der Waals surface area contributed by atoms with Gasteiger partial charge >= 0.3 is 17.9 Å². The van der Waals surface area contributed by atoms with Crippen molar-refractivity contribution in [3.8, 4) is 0 Å². The molecule has 0 aliphatic heterocycles. The maximum Gasteiger partial charge on any atom is 0.330 e. The van der Waals surface area contributed by atoms with Crippen LogP contribution in [0.2, 0.25) is 0 Å². The molecule has 0 bridgehead atoms. The van der Waals surface area contributed by atoms with Gasteiger partial charge in [-0.1, -0.05) is 6.58 Å². The third kappa shape index (κ3) is 10.1.